The summed E-state index contributed by atoms with van der Waals surface area (Å²) in [4.78, 5) is 22.4. The molecule has 0 radical (unpaired) electrons. The van der Waals surface area contributed by atoms with Crippen LogP contribution in [0.1, 0.15) is 31.2 Å². The van der Waals surface area contributed by atoms with Gasteiger partial charge in [-0.05, 0) is 18.6 Å². The molecule has 2 heterocycles. The third kappa shape index (κ3) is 4.63. The topological polar surface area (TPSA) is 46.1 Å². The number of unbranched alkanes of at least 4 members (excludes halogenated alkanes) is 1. The van der Waals surface area contributed by atoms with Crippen LogP contribution in [0.4, 0.5) is 0 Å². The summed E-state index contributed by atoms with van der Waals surface area (Å²) in [6, 6.07) is 3.89. The van der Waals surface area contributed by atoms with E-state index in [0.717, 1.165) is 35.7 Å². The van der Waals surface area contributed by atoms with Crippen LogP contribution in [0.2, 0.25) is 0 Å². The SMILES string of the molecule is CCCCN(C)C(=O)CCc1nc(-c2ccncc2)cs1. The molecule has 5 heteroatoms. The molecule has 0 saturated carbocycles. The van der Waals surface area contributed by atoms with Crippen LogP contribution in [0.15, 0.2) is 29.9 Å². The molecule has 2 aromatic rings. The second kappa shape index (κ2) is 7.88. The largest absolute Gasteiger partial charge is 0.346 e. The van der Waals surface area contributed by atoms with Crippen molar-refractivity contribution in [3.05, 3.63) is 34.9 Å². The molecule has 21 heavy (non-hydrogen) atoms. The van der Waals surface area contributed by atoms with Crippen LogP contribution >= 0.6 is 11.3 Å². The molecule has 0 atom stereocenters. The first-order valence-corrected chi connectivity index (χ1v) is 8.17. The highest BCUT2D eigenvalue weighted by Crippen LogP contribution is 2.21. The predicted molar refractivity (Wildman–Crippen MR) is 86.2 cm³/mol. The molecule has 0 aliphatic carbocycles. The molecule has 1 amide bonds. The molecule has 0 unspecified atom stereocenters. The summed E-state index contributed by atoms with van der Waals surface area (Å²) in [7, 11) is 1.88. The van der Waals surface area contributed by atoms with Crippen molar-refractivity contribution < 1.29 is 4.79 Å². The fraction of sp³-hybridized carbons (Fsp3) is 0.438. The Morgan fingerprint density at radius 2 is 2.10 bits per heavy atom. The predicted octanol–water partition coefficient (Wildman–Crippen LogP) is 3.40. The van der Waals surface area contributed by atoms with E-state index in [-0.39, 0.29) is 5.91 Å². The van der Waals surface area contributed by atoms with Gasteiger partial charge in [0.1, 0.15) is 0 Å². The molecule has 4 nitrogen and oxygen atoms in total. The van der Waals surface area contributed by atoms with Crippen molar-refractivity contribution in [1.29, 1.82) is 0 Å². The van der Waals surface area contributed by atoms with E-state index in [1.54, 1.807) is 23.7 Å². The Labute approximate surface area is 129 Å². The van der Waals surface area contributed by atoms with Crippen LogP contribution in [0.25, 0.3) is 11.3 Å². The van der Waals surface area contributed by atoms with E-state index in [1.165, 1.54) is 0 Å². The molecule has 0 N–H and O–H groups in total. The molecule has 2 aromatic heterocycles. The normalized spacial score (nSPS) is 10.6. The van der Waals surface area contributed by atoms with E-state index in [0.29, 0.717) is 12.8 Å². The third-order valence-corrected chi connectivity index (χ3v) is 4.26. The van der Waals surface area contributed by atoms with Gasteiger partial charge in [0.25, 0.3) is 0 Å². The van der Waals surface area contributed by atoms with Gasteiger partial charge >= 0.3 is 0 Å². The lowest BCUT2D eigenvalue weighted by molar-refractivity contribution is -0.129. The standard InChI is InChI=1S/C16H21N3OS/c1-3-4-11-19(2)16(20)6-5-15-18-14(12-21-15)13-7-9-17-10-8-13/h7-10,12H,3-6,11H2,1-2H3. The maximum absolute atomic E-state index is 12.0. The molecule has 0 fully saturated rings. The Morgan fingerprint density at radius 3 is 2.81 bits per heavy atom. The average Bonchev–Trinajstić information content (AvgIpc) is 3.00. The summed E-state index contributed by atoms with van der Waals surface area (Å²) in [5.74, 6) is 0.198. The summed E-state index contributed by atoms with van der Waals surface area (Å²) < 4.78 is 0. The van der Waals surface area contributed by atoms with Gasteiger partial charge in [-0.1, -0.05) is 13.3 Å². The van der Waals surface area contributed by atoms with E-state index >= 15 is 0 Å². The number of aromatic nitrogens is 2. The number of rotatable bonds is 7. The third-order valence-electron chi connectivity index (χ3n) is 3.35. The zero-order valence-electron chi connectivity index (χ0n) is 12.6. The highest BCUT2D eigenvalue weighted by Gasteiger charge is 2.10. The average molecular weight is 303 g/mol. The van der Waals surface area contributed by atoms with E-state index in [4.69, 9.17) is 0 Å². The Hall–Kier alpha value is -1.75. The van der Waals surface area contributed by atoms with Gasteiger partial charge in [-0.2, -0.15) is 0 Å². The van der Waals surface area contributed by atoms with Gasteiger partial charge in [-0.15, -0.1) is 11.3 Å². The van der Waals surface area contributed by atoms with Crippen molar-refractivity contribution in [3.63, 3.8) is 0 Å². The van der Waals surface area contributed by atoms with Crippen molar-refractivity contribution in [2.24, 2.45) is 0 Å². The van der Waals surface area contributed by atoms with Crippen LogP contribution in [-0.4, -0.2) is 34.4 Å². The smallest absolute Gasteiger partial charge is 0.222 e. The number of hydrogen-bond donors (Lipinski definition) is 0. The molecule has 0 spiro atoms. The lowest BCUT2D eigenvalue weighted by Crippen LogP contribution is -2.27. The molecule has 2 rings (SSSR count). The summed E-state index contributed by atoms with van der Waals surface area (Å²) in [6.45, 7) is 2.98. The van der Waals surface area contributed by atoms with Gasteiger partial charge in [-0.25, -0.2) is 4.98 Å². The minimum atomic E-state index is 0.198. The van der Waals surface area contributed by atoms with E-state index in [1.807, 2.05) is 29.5 Å². The van der Waals surface area contributed by atoms with E-state index < -0.39 is 0 Å². The molecular formula is C16H21N3OS. The quantitative estimate of drug-likeness (QED) is 0.787. The van der Waals surface area contributed by atoms with Gasteiger partial charge in [0, 0.05) is 49.8 Å². The van der Waals surface area contributed by atoms with Crippen LogP contribution in [-0.2, 0) is 11.2 Å². The first-order valence-electron chi connectivity index (χ1n) is 7.29. The van der Waals surface area contributed by atoms with Crippen molar-refractivity contribution in [2.75, 3.05) is 13.6 Å². The number of aryl methyl sites for hydroxylation is 1. The lowest BCUT2D eigenvalue weighted by Gasteiger charge is -2.16. The van der Waals surface area contributed by atoms with Gasteiger partial charge in [0.2, 0.25) is 5.91 Å². The molecule has 0 aliphatic heterocycles. The van der Waals surface area contributed by atoms with E-state index in [9.17, 15) is 4.79 Å². The van der Waals surface area contributed by atoms with Crippen molar-refractivity contribution in [3.8, 4) is 11.3 Å². The van der Waals surface area contributed by atoms with Gasteiger partial charge in [0.15, 0.2) is 0 Å². The molecule has 0 aliphatic rings. The van der Waals surface area contributed by atoms with E-state index in [2.05, 4.69) is 16.9 Å². The molecule has 112 valence electrons. The Bertz CT molecular complexity index is 568. The van der Waals surface area contributed by atoms with Gasteiger partial charge < -0.3 is 4.90 Å². The highest BCUT2D eigenvalue weighted by molar-refractivity contribution is 7.09. The zero-order valence-corrected chi connectivity index (χ0v) is 13.4. The Kier molecular flexibility index (Phi) is 5.87. The van der Waals surface area contributed by atoms with Gasteiger partial charge in [0.05, 0.1) is 10.7 Å². The summed E-state index contributed by atoms with van der Waals surface area (Å²) in [6.07, 6.45) is 6.95. The molecular weight excluding hydrogens is 282 g/mol. The Balaban J connectivity index is 1.87. The first-order chi connectivity index (χ1) is 10.2. The highest BCUT2D eigenvalue weighted by atomic mass is 32.1. The fourth-order valence-corrected chi connectivity index (χ4v) is 2.81. The fourth-order valence-electron chi connectivity index (χ4n) is 2.01. The number of carbonyl (C=O) groups is 1. The molecule has 0 saturated heterocycles. The van der Waals surface area contributed by atoms with Crippen molar-refractivity contribution in [2.45, 2.75) is 32.6 Å². The minimum Gasteiger partial charge on any atom is -0.346 e. The first kappa shape index (κ1) is 15.6. The second-order valence-electron chi connectivity index (χ2n) is 5.03. The van der Waals surface area contributed by atoms with Crippen LogP contribution < -0.4 is 0 Å². The maximum atomic E-state index is 12.0. The Morgan fingerprint density at radius 1 is 1.33 bits per heavy atom. The summed E-state index contributed by atoms with van der Waals surface area (Å²) in [5, 5.41) is 3.05. The number of pyridine rings is 1. The second-order valence-corrected chi connectivity index (χ2v) is 5.97. The van der Waals surface area contributed by atoms with Crippen LogP contribution in [0, 0.1) is 0 Å². The molecule has 0 aromatic carbocycles. The zero-order chi connectivity index (χ0) is 15.1. The minimum absolute atomic E-state index is 0.198. The van der Waals surface area contributed by atoms with Crippen LogP contribution in [0.5, 0.6) is 0 Å². The molecule has 0 bridgehead atoms. The van der Waals surface area contributed by atoms with Crippen molar-refractivity contribution >= 4 is 17.2 Å². The monoisotopic (exact) mass is 303 g/mol. The summed E-state index contributed by atoms with van der Waals surface area (Å²) in [5.41, 5.74) is 2.03. The number of carbonyl (C=O) groups excluding carboxylic acids is 1. The lowest BCUT2D eigenvalue weighted by atomic mass is 10.2. The maximum Gasteiger partial charge on any atom is 0.222 e. The number of amides is 1. The van der Waals surface area contributed by atoms with Crippen molar-refractivity contribution in [1.82, 2.24) is 14.9 Å². The van der Waals surface area contributed by atoms with Crippen LogP contribution in [0.3, 0.4) is 0 Å². The summed E-state index contributed by atoms with van der Waals surface area (Å²) >= 11 is 1.61. The number of hydrogen-bond acceptors (Lipinski definition) is 4. The number of thiazole rings is 1. The number of nitrogens with zero attached hydrogens (tertiary/aromatic N) is 3. The van der Waals surface area contributed by atoms with Gasteiger partial charge in [-0.3, -0.25) is 9.78 Å².